The average Bonchev–Trinajstić information content (AvgIpc) is 3.75. The maximum Gasteiger partial charge on any atom is 0.308 e. The SMILES string of the molecule is CCCCN(C(=O)CN1C[C@H](c2cc(OC)c3c(c2)OCO3)[C@@H](C(=O)O)[C@@H]1CCC1OCCO1)c1cccc(C[N+](C)(C)C)c1. The quantitative estimate of drug-likeness (QED) is 0.311. The van der Waals surface area contributed by atoms with Crippen LogP contribution >= 0.6 is 0 Å². The lowest BCUT2D eigenvalue weighted by atomic mass is 9.83. The molecule has 2 fully saturated rings. The molecule has 2 aromatic carbocycles. The minimum absolute atomic E-state index is 0.0442. The molecule has 0 aliphatic carbocycles. The molecule has 2 saturated heterocycles. The second-order valence-electron chi connectivity index (χ2n) is 13.2. The number of aliphatic carboxylic acids is 1. The molecule has 0 aromatic heterocycles. The number of hydrogen-bond acceptors (Lipinski definition) is 8. The Morgan fingerprint density at radius 2 is 1.87 bits per heavy atom. The number of carboxylic acid groups (broad SMARTS) is 1. The van der Waals surface area contributed by atoms with Gasteiger partial charge in [0.05, 0.1) is 53.9 Å². The van der Waals surface area contributed by atoms with E-state index in [9.17, 15) is 14.7 Å². The Kier molecular flexibility index (Phi) is 10.5. The van der Waals surface area contributed by atoms with Crippen LogP contribution in [-0.2, 0) is 25.6 Å². The lowest BCUT2D eigenvalue weighted by Gasteiger charge is -2.30. The summed E-state index contributed by atoms with van der Waals surface area (Å²) in [6.07, 6.45) is 2.50. The van der Waals surface area contributed by atoms with Crippen LogP contribution in [0.25, 0.3) is 0 Å². The summed E-state index contributed by atoms with van der Waals surface area (Å²) in [5.41, 5.74) is 2.81. The molecule has 2 aromatic rings. The minimum atomic E-state index is -0.902. The van der Waals surface area contributed by atoms with Gasteiger partial charge < -0.3 is 38.2 Å². The van der Waals surface area contributed by atoms with Crippen molar-refractivity contribution < 1.29 is 42.9 Å². The van der Waals surface area contributed by atoms with E-state index in [-0.39, 0.29) is 25.5 Å². The van der Waals surface area contributed by atoms with E-state index in [0.717, 1.165) is 40.7 Å². The summed E-state index contributed by atoms with van der Waals surface area (Å²) in [7, 11) is 7.99. The Labute approximate surface area is 266 Å². The van der Waals surface area contributed by atoms with Crippen molar-refractivity contribution in [1.82, 2.24) is 4.90 Å². The van der Waals surface area contributed by atoms with Gasteiger partial charge in [0.15, 0.2) is 17.8 Å². The molecule has 0 saturated carbocycles. The Morgan fingerprint density at radius 3 is 2.56 bits per heavy atom. The van der Waals surface area contributed by atoms with Crippen molar-refractivity contribution in [2.75, 3.05) is 72.8 Å². The Bertz CT molecular complexity index is 1340. The van der Waals surface area contributed by atoms with Crippen LogP contribution in [0.2, 0.25) is 0 Å². The molecular weight excluding hydrogens is 578 g/mol. The summed E-state index contributed by atoms with van der Waals surface area (Å²) in [5.74, 6) is -0.552. The van der Waals surface area contributed by atoms with Gasteiger partial charge in [-0.05, 0) is 49.1 Å². The van der Waals surface area contributed by atoms with Gasteiger partial charge in [-0.25, -0.2) is 0 Å². The number of carbonyl (C=O) groups is 2. The maximum atomic E-state index is 14.2. The molecule has 3 heterocycles. The van der Waals surface area contributed by atoms with Crippen molar-refractivity contribution in [3.8, 4) is 17.2 Å². The number of anilines is 1. The van der Waals surface area contributed by atoms with E-state index in [1.807, 2.05) is 34.1 Å². The van der Waals surface area contributed by atoms with Gasteiger partial charge in [0, 0.05) is 36.3 Å². The molecule has 11 nitrogen and oxygen atoms in total. The van der Waals surface area contributed by atoms with Gasteiger partial charge in [0.2, 0.25) is 18.4 Å². The van der Waals surface area contributed by atoms with Gasteiger partial charge in [0.25, 0.3) is 0 Å². The average molecular weight is 627 g/mol. The fourth-order valence-electron chi connectivity index (χ4n) is 6.78. The number of carboxylic acids is 1. The molecule has 1 N–H and O–H groups in total. The summed E-state index contributed by atoms with van der Waals surface area (Å²) in [4.78, 5) is 31.1. The zero-order valence-electron chi connectivity index (χ0n) is 27.2. The van der Waals surface area contributed by atoms with Gasteiger partial charge in [-0.2, -0.15) is 0 Å². The molecule has 1 amide bonds. The zero-order chi connectivity index (χ0) is 32.1. The Hall–Kier alpha value is -3.38. The predicted molar refractivity (Wildman–Crippen MR) is 169 cm³/mol. The zero-order valence-corrected chi connectivity index (χ0v) is 27.2. The molecule has 11 heteroatoms. The predicted octanol–water partition coefficient (Wildman–Crippen LogP) is 4.09. The van der Waals surface area contributed by atoms with Crippen molar-refractivity contribution in [3.63, 3.8) is 0 Å². The Balaban J connectivity index is 1.44. The second-order valence-corrected chi connectivity index (χ2v) is 13.2. The van der Waals surface area contributed by atoms with E-state index in [1.165, 1.54) is 0 Å². The Morgan fingerprint density at radius 1 is 1.09 bits per heavy atom. The van der Waals surface area contributed by atoms with E-state index >= 15 is 0 Å². The molecule has 45 heavy (non-hydrogen) atoms. The number of ether oxygens (including phenoxy) is 5. The van der Waals surface area contributed by atoms with Crippen molar-refractivity contribution in [2.45, 2.75) is 57.4 Å². The number of rotatable bonds is 14. The lowest BCUT2D eigenvalue weighted by molar-refractivity contribution is -0.884. The van der Waals surface area contributed by atoms with Gasteiger partial charge in [-0.1, -0.05) is 25.5 Å². The largest absolute Gasteiger partial charge is 0.493 e. The molecular formula is C34H48N3O8+. The number of likely N-dealkylation sites (tertiary alicyclic amines) is 1. The number of benzene rings is 2. The van der Waals surface area contributed by atoms with Crippen LogP contribution in [0.4, 0.5) is 5.69 Å². The number of hydrogen-bond donors (Lipinski definition) is 1. The summed E-state index contributed by atoms with van der Waals surface area (Å²) < 4.78 is 29.0. The summed E-state index contributed by atoms with van der Waals surface area (Å²) in [5, 5.41) is 10.6. The number of fused-ring (bicyclic) bond motifs is 1. The first kappa shape index (κ1) is 33.0. The van der Waals surface area contributed by atoms with E-state index in [1.54, 1.807) is 7.11 Å². The van der Waals surface area contributed by atoms with Crippen LogP contribution in [-0.4, -0.2) is 107 Å². The van der Waals surface area contributed by atoms with Crippen molar-refractivity contribution in [2.24, 2.45) is 5.92 Å². The molecule has 0 unspecified atom stereocenters. The third-order valence-electron chi connectivity index (χ3n) is 8.79. The summed E-state index contributed by atoms with van der Waals surface area (Å²) in [6.45, 7) is 5.17. The highest BCUT2D eigenvalue weighted by molar-refractivity contribution is 5.95. The van der Waals surface area contributed by atoms with Gasteiger partial charge in [-0.15, -0.1) is 0 Å². The first-order valence-corrected chi connectivity index (χ1v) is 15.9. The maximum absolute atomic E-state index is 14.2. The van der Waals surface area contributed by atoms with E-state index in [0.29, 0.717) is 56.4 Å². The molecule has 3 atom stereocenters. The monoisotopic (exact) mass is 626 g/mol. The normalized spacial score (nSPS) is 21.8. The topological polar surface area (TPSA) is 107 Å². The van der Waals surface area contributed by atoms with Crippen LogP contribution in [0.3, 0.4) is 0 Å². The molecule has 3 aliphatic rings. The highest BCUT2D eigenvalue weighted by Gasteiger charge is 2.48. The van der Waals surface area contributed by atoms with Gasteiger partial charge in [-0.3, -0.25) is 14.5 Å². The van der Waals surface area contributed by atoms with Crippen molar-refractivity contribution >= 4 is 17.6 Å². The van der Waals surface area contributed by atoms with Gasteiger partial charge >= 0.3 is 5.97 Å². The summed E-state index contributed by atoms with van der Waals surface area (Å²) >= 11 is 0. The van der Waals surface area contributed by atoms with Crippen molar-refractivity contribution in [1.29, 1.82) is 0 Å². The van der Waals surface area contributed by atoms with Crippen LogP contribution in [0.1, 0.15) is 49.7 Å². The van der Waals surface area contributed by atoms with E-state index < -0.39 is 23.8 Å². The minimum Gasteiger partial charge on any atom is -0.493 e. The molecule has 5 rings (SSSR count). The fraction of sp³-hybridized carbons (Fsp3) is 0.588. The first-order valence-electron chi connectivity index (χ1n) is 15.9. The number of amides is 1. The van der Waals surface area contributed by atoms with E-state index in [2.05, 4.69) is 40.2 Å². The number of quaternary nitrogens is 1. The third-order valence-corrected chi connectivity index (χ3v) is 8.79. The molecule has 3 aliphatic heterocycles. The van der Waals surface area contributed by atoms with Crippen LogP contribution < -0.4 is 19.1 Å². The molecule has 0 radical (unpaired) electrons. The van der Waals surface area contributed by atoms with E-state index in [4.69, 9.17) is 23.7 Å². The van der Waals surface area contributed by atoms with Crippen molar-refractivity contribution in [3.05, 3.63) is 47.5 Å². The third kappa shape index (κ3) is 7.89. The number of unbranched alkanes of at least 4 members (excludes halogenated alkanes) is 1. The number of methoxy groups -OCH3 is 1. The van der Waals surface area contributed by atoms with Crippen LogP contribution in [0.15, 0.2) is 36.4 Å². The highest BCUT2D eigenvalue weighted by Crippen LogP contribution is 2.47. The van der Waals surface area contributed by atoms with Crippen LogP contribution in [0.5, 0.6) is 17.2 Å². The highest BCUT2D eigenvalue weighted by atomic mass is 16.7. The molecule has 0 spiro atoms. The fourth-order valence-corrected chi connectivity index (χ4v) is 6.78. The molecule has 0 bridgehead atoms. The first-order chi connectivity index (χ1) is 21.6. The summed E-state index contributed by atoms with van der Waals surface area (Å²) in [6, 6.07) is 11.5. The second kappa shape index (κ2) is 14.4. The standard InChI is InChI=1S/C34H47N3O8/c1-6-7-13-36(25-10-8-9-23(16-25)21-37(2,3)4)30(38)20-35-19-26(24-17-28(41-5)33-29(18-24)44-22-45-33)32(34(39)40)27(35)11-12-31-42-14-15-43-31/h8-10,16-18,26-27,31-32H,6-7,11-15,19-22H2,1-5H3/p+1/t26-,27+,32-/m1/s1. The smallest absolute Gasteiger partial charge is 0.308 e. The van der Waals surface area contributed by atoms with Gasteiger partial charge in [0.1, 0.15) is 6.54 Å². The number of nitrogens with zero attached hydrogens (tertiary/aromatic N) is 3. The lowest BCUT2D eigenvalue weighted by Crippen LogP contribution is -2.45. The number of carbonyl (C=O) groups excluding carboxylic acids is 1. The van der Waals surface area contributed by atoms with Crippen LogP contribution in [0, 0.1) is 5.92 Å². The molecule has 246 valence electrons.